The summed E-state index contributed by atoms with van der Waals surface area (Å²) in [6.07, 6.45) is 0. The van der Waals surface area contributed by atoms with Crippen molar-refractivity contribution < 1.29 is 0 Å². The van der Waals surface area contributed by atoms with Crippen molar-refractivity contribution in [2.45, 2.75) is 5.41 Å². The first-order valence-electron chi connectivity index (χ1n) is 23.1. The second kappa shape index (κ2) is 13.3. The summed E-state index contributed by atoms with van der Waals surface area (Å²) in [5, 5.41) is 12.7. The molecule has 1 aromatic heterocycles. The van der Waals surface area contributed by atoms with Gasteiger partial charge in [0.15, 0.2) is 0 Å². The van der Waals surface area contributed by atoms with E-state index < -0.39 is 5.41 Å². The Hall–Kier alpha value is -8.52. The molecule has 2 aliphatic carbocycles. The van der Waals surface area contributed by atoms with Crippen molar-refractivity contribution in [3.8, 4) is 50.2 Å². The van der Waals surface area contributed by atoms with Crippen molar-refractivity contribution in [3.05, 3.63) is 259 Å². The Balaban J connectivity index is 1.07. The van der Waals surface area contributed by atoms with E-state index in [1.165, 1.54) is 137 Å². The highest BCUT2D eigenvalue weighted by Gasteiger charge is 2.52. The Morgan fingerprint density at radius 1 is 0.258 bits per heavy atom. The molecule has 0 saturated carbocycles. The minimum Gasteiger partial charge on any atom is -0.309 e. The lowest BCUT2D eigenvalue weighted by Gasteiger charge is -2.31. The molecule has 304 valence electrons. The molecule has 12 aromatic carbocycles. The Morgan fingerprint density at radius 3 is 1.44 bits per heavy atom. The molecule has 1 nitrogen and oxygen atoms in total. The van der Waals surface area contributed by atoms with Gasteiger partial charge in [-0.1, -0.05) is 200 Å². The van der Waals surface area contributed by atoms with E-state index in [1.54, 1.807) is 0 Å². The van der Waals surface area contributed by atoms with Crippen LogP contribution in [0.25, 0.3) is 115 Å². The van der Waals surface area contributed by atoms with Crippen molar-refractivity contribution in [1.29, 1.82) is 0 Å². The van der Waals surface area contributed by atoms with Gasteiger partial charge < -0.3 is 4.57 Å². The van der Waals surface area contributed by atoms with E-state index in [0.29, 0.717) is 0 Å². The summed E-state index contributed by atoms with van der Waals surface area (Å²) in [6.45, 7) is 0. The summed E-state index contributed by atoms with van der Waals surface area (Å²) in [7, 11) is 0. The van der Waals surface area contributed by atoms with Gasteiger partial charge in [-0.2, -0.15) is 0 Å². The monoisotopic (exact) mass is 833 g/mol. The van der Waals surface area contributed by atoms with E-state index in [-0.39, 0.29) is 0 Å². The number of hydrogen-bond donors (Lipinski definition) is 0. The van der Waals surface area contributed by atoms with Crippen LogP contribution in [0.3, 0.4) is 0 Å². The van der Waals surface area contributed by atoms with Gasteiger partial charge in [-0.3, -0.25) is 0 Å². The first-order chi connectivity index (χ1) is 32.8. The Kier molecular flexibility index (Phi) is 7.21. The largest absolute Gasteiger partial charge is 0.309 e. The first-order valence-corrected chi connectivity index (χ1v) is 23.1. The number of fused-ring (bicyclic) bond motifs is 19. The van der Waals surface area contributed by atoms with Gasteiger partial charge in [0.1, 0.15) is 0 Å². The number of hydrogen-bond acceptors (Lipinski definition) is 0. The Morgan fingerprint density at radius 2 is 0.758 bits per heavy atom. The van der Waals surface area contributed by atoms with Gasteiger partial charge in [-0.15, -0.1) is 0 Å². The zero-order valence-electron chi connectivity index (χ0n) is 36.0. The molecule has 0 atom stereocenters. The number of nitrogens with zero attached hydrogens (tertiary/aromatic N) is 1. The highest BCUT2D eigenvalue weighted by molar-refractivity contribution is 6.26. The Bertz CT molecular complexity index is 4120. The van der Waals surface area contributed by atoms with E-state index in [1.807, 2.05) is 0 Å². The van der Waals surface area contributed by atoms with E-state index in [2.05, 4.69) is 241 Å². The first kappa shape index (κ1) is 35.9. The molecular weight excluding hydrogens is 795 g/mol. The molecule has 0 amide bonds. The normalized spacial score (nSPS) is 13.3. The van der Waals surface area contributed by atoms with Crippen LogP contribution in [0, 0.1) is 0 Å². The lowest BCUT2D eigenvalue weighted by molar-refractivity contribution is 0.795. The molecular formula is C65H39N. The number of rotatable bonds is 3. The molecule has 0 radical (unpaired) electrons. The van der Waals surface area contributed by atoms with Crippen LogP contribution in [0.2, 0.25) is 0 Å². The summed E-state index contributed by atoms with van der Waals surface area (Å²) >= 11 is 0. The van der Waals surface area contributed by atoms with Crippen LogP contribution in [0.1, 0.15) is 22.3 Å². The molecule has 0 N–H and O–H groups in total. The summed E-state index contributed by atoms with van der Waals surface area (Å²) < 4.78 is 2.40. The average Bonchev–Trinajstić information content (AvgIpc) is 4.00. The molecule has 0 unspecified atom stereocenters. The zero-order valence-corrected chi connectivity index (χ0v) is 36.0. The molecule has 1 heteroatoms. The smallest absolute Gasteiger partial charge is 0.0726 e. The van der Waals surface area contributed by atoms with Crippen LogP contribution in [0.5, 0.6) is 0 Å². The maximum absolute atomic E-state index is 2.61. The fourth-order valence-corrected chi connectivity index (χ4v) is 12.7. The highest BCUT2D eigenvalue weighted by Crippen LogP contribution is 2.65. The summed E-state index contributed by atoms with van der Waals surface area (Å²) in [4.78, 5) is 0. The van der Waals surface area contributed by atoms with Crippen LogP contribution >= 0.6 is 0 Å². The number of aromatic nitrogens is 1. The average molecular weight is 834 g/mol. The molecule has 0 aliphatic heterocycles. The van der Waals surface area contributed by atoms with E-state index >= 15 is 0 Å². The number of benzene rings is 12. The summed E-state index contributed by atoms with van der Waals surface area (Å²) in [6, 6.07) is 89.0. The third kappa shape index (κ3) is 4.54. The molecule has 1 heterocycles. The van der Waals surface area contributed by atoms with Crippen molar-refractivity contribution in [2.75, 3.05) is 0 Å². The molecule has 2 aliphatic rings. The van der Waals surface area contributed by atoms with Gasteiger partial charge in [0, 0.05) is 16.5 Å². The van der Waals surface area contributed by atoms with Crippen LogP contribution in [-0.4, -0.2) is 4.57 Å². The number of para-hydroxylation sites is 2. The van der Waals surface area contributed by atoms with Gasteiger partial charge in [-0.05, 0) is 146 Å². The quantitative estimate of drug-likeness (QED) is 0.156. The lowest BCUT2D eigenvalue weighted by Crippen LogP contribution is -2.26. The van der Waals surface area contributed by atoms with Gasteiger partial charge in [0.05, 0.1) is 16.4 Å². The van der Waals surface area contributed by atoms with Crippen LogP contribution in [-0.2, 0) is 5.41 Å². The van der Waals surface area contributed by atoms with Crippen molar-refractivity contribution in [1.82, 2.24) is 4.57 Å². The minimum atomic E-state index is -0.499. The molecule has 13 aromatic rings. The fraction of sp³-hybridized carbons (Fsp3) is 0.0154. The second-order valence-corrected chi connectivity index (χ2v) is 18.2. The minimum absolute atomic E-state index is 0.499. The molecule has 15 rings (SSSR count). The standard InChI is InChI=1S/C65H39N/c1-2-19-42(20-3-1)66-59-33-17-14-25-47(59)53-38-41(35-37-60(53)66)61-49-27-8-10-29-51(49)62(52-30-11-9-28-50(52)61)54-39-58-64(48-26-7-6-22-44(48)54)63-43-21-5-4-18-40(43)34-36-57(63)65(58)55-31-15-12-23-45(55)46-24-13-16-32-56(46)65/h1-39H. The SMILES string of the molecule is c1ccc(-n2c3ccccc3c3cc(-c4c5ccccc5c(-c5cc6c(c7ccccc57)-c5c(ccc7ccccc57)C65c6ccccc6-c6ccccc65)c5ccccc45)ccc32)cc1. The van der Waals surface area contributed by atoms with Crippen LogP contribution in [0.15, 0.2) is 237 Å². The highest BCUT2D eigenvalue weighted by atomic mass is 15.0. The Labute approximate surface area is 382 Å². The van der Waals surface area contributed by atoms with Crippen LogP contribution < -0.4 is 0 Å². The topological polar surface area (TPSA) is 4.93 Å². The van der Waals surface area contributed by atoms with Gasteiger partial charge in [-0.25, -0.2) is 0 Å². The third-order valence-electron chi connectivity index (χ3n) is 15.2. The maximum Gasteiger partial charge on any atom is 0.0726 e. The lowest BCUT2D eigenvalue weighted by atomic mass is 9.69. The van der Waals surface area contributed by atoms with Crippen molar-refractivity contribution in [2.24, 2.45) is 0 Å². The molecule has 66 heavy (non-hydrogen) atoms. The zero-order chi connectivity index (χ0) is 43.1. The van der Waals surface area contributed by atoms with E-state index in [9.17, 15) is 0 Å². The summed E-state index contributed by atoms with van der Waals surface area (Å²) in [5.74, 6) is 0. The molecule has 1 spiro atoms. The predicted octanol–water partition coefficient (Wildman–Crippen LogP) is 17.1. The molecule has 0 fully saturated rings. The van der Waals surface area contributed by atoms with Crippen molar-refractivity contribution >= 4 is 64.9 Å². The van der Waals surface area contributed by atoms with E-state index in [0.717, 1.165) is 0 Å². The predicted molar refractivity (Wildman–Crippen MR) is 278 cm³/mol. The summed E-state index contributed by atoms with van der Waals surface area (Å²) in [5.41, 5.74) is 18.9. The maximum atomic E-state index is 2.61. The third-order valence-corrected chi connectivity index (χ3v) is 15.2. The molecule has 0 saturated heterocycles. The fourth-order valence-electron chi connectivity index (χ4n) is 12.7. The van der Waals surface area contributed by atoms with Gasteiger partial charge >= 0.3 is 0 Å². The molecule has 0 bridgehead atoms. The van der Waals surface area contributed by atoms with Crippen LogP contribution in [0.4, 0.5) is 0 Å². The van der Waals surface area contributed by atoms with E-state index in [4.69, 9.17) is 0 Å². The van der Waals surface area contributed by atoms with Gasteiger partial charge in [0.2, 0.25) is 0 Å². The second-order valence-electron chi connectivity index (χ2n) is 18.2. The van der Waals surface area contributed by atoms with Gasteiger partial charge in [0.25, 0.3) is 0 Å². The van der Waals surface area contributed by atoms with Crippen molar-refractivity contribution in [3.63, 3.8) is 0 Å².